The molecule has 20 heteroatoms. The lowest BCUT2D eigenvalue weighted by atomic mass is 9.94. The van der Waals surface area contributed by atoms with Gasteiger partial charge in [0.15, 0.2) is 18.9 Å². The molecule has 0 radical (unpaired) electrons. The van der Waals surface area contributed by atoms with E-state index in [1.807, 2.05) is 0 Å². The molecule has 0 aromatic heterocycles. The molecule has 0 aliphatic carbocycles. The average Bonchev–Trinajstić information content (AvgIpc) is 2.90. The first-order valence-electron chi connectivity index (χ1n) is 12.6. The summed E-state index contributed by atoms with van der Waals surface area (Å²) in [5, 5.41) is 84.6. The van der Waals surface area contributed by atoms with Gasteiger partial charge in [-0.15, -0.1) is 0 Å². The normalized spacial score (nSPS) is 45.8. The van der Waals surface area contributed by atoms with Gasteiger partial charge in [-0.2, -0.15) is 8.42 Å². The van der Waals surface area contributed by atoms with Gasteiger partial charge in [0.05, 0.1) is 19.3 Å². The van der Waals surface area contributed by atoms with Crippen LogP contribution in [0.15, 0.2) is 0 Å². The van der Waals surface area contributed by atoms with Crippen molar-refractivity contribution in [1.82, 2.24) is 5.32 Å². The maximum Gasteiger partial charge on any atom is 0.397 e. The molecule has 19 nitrogen and oxygen atoms in total. The Kier molecular flexibility index (Phi) is 11.8. The zero-order chi connectivity index (χ0) is 30.8. The summed E-state index contributed by atoms with van der Waals surface area (Å²) < 4.78 is 64.0. The van der Waals surface area contributed by atoms with E-state index in [-0.39, 0.29) is 6.42 Å². The predicted octanol–water partition coefficient (Wildman–Crippen LogP) is -6.18. The Bertz CT molecular complexity index is 970. The molecule has 3 aliphatic heterocycles. The van der Waals surface area contributed by atoms with E-state index in [0.29, 0.717) is 0 Å². The molecule has 3 heterocycles. The van der Waals surface area contributed by atoms with Crippen LogP contribution in [0.5, 0.6) is 0 Å². The largest absolute Gasteiger partial charge is 0.397 e. The molecule has 10 N–H and O–H groups in total. The van der Waals surface area contributed by atoms with Crippen LogP contribution in [0.1, 0.15) is 20.3 Å². The molecule has 1 amide bonds. The summed E-state index contributed by atoms with van der Waals surface area (Å²) in [6, 6.07) is -1.56. The highest BCUT2D eigenvalue weighted by Gasteiger charge is 2.55. The third-order valence-corrected chi connectivity index (χ3v) is 7.39. The van der Waals surface area contributed by atoms with Gasteiger partial charge in [-0.3, -0.25) is 9.35 Å². The third kappa shape index (κ3) is 7.86. The van der Waals surface area contributed by atoms with Crippen molar-refractivity contribution in [3.63, 3.8) is 0 Å². The first kappa shape index (κ1) is 34.3. The second kappa shape index (κ2) is 14.1. The summed E-state index contributed by atoms with van der Waals surface area (Å²) in [5.74, 6) is -0.729. The second-order valence-corrected chi connectivity index (χ2v) is 10.8. The van der Waals surface area contributed by atoms with Crippen LogP contribution in [0, 0.1) is 0 Å². The van der Waals surface area contributed by atoms with Gasteiger partial charge in [-0.1, -0.05) is 6.92 Å². The lowest BCUT2D eigenvalue weighted by Gasteiger charge is -2.49. The van der Waals surface area contributed by atoms with Crippen molar-refractivity contribution in [2.45, 2.75) is 112 Å². The van der Waals surface area contributed by atoms with Gasteiger partial charge in [-0.25, -0.2) is 4.18 Å². The van der Waals surface area contributed by atoms with Crippen LogP contribution in [-0.2, 0) is 43.1 Å². The summed E-state index contributed by atoms with van der Waals surface area (Å²) in [7, 11) is -5.26. The van der Waals surface area contributed by atoms with E-state index in [4.69, 9.17) is 28.2 Å². The predicted molar refractivity (Wildman–Crippen MR) is 126 cm³/mol. The Balaban J connectivity index is 1.98. The van der Waals surface area contributed by atoms with Crippen LogP contribution < -0.4 is 5.32 Å². The number of carbonyl (C=O) groups is 1. The van der Waals surface area contributed by atoms with Gasteiger partial charge in [0.25, 0.3) is 0 Å². The van der Waals surface area contributed by atoms with Gasteiger partial charge in [0.2, 0.25) is 5.91 Å². The minimum atomic E-state index is -5.26. The van der Waals surface area contributed by atoms with E-state index >= 15 is 0 Å². The third-order valence-electron chi connectivity index (χ3n) is 6.92. The highest BCUT2D eigenvalue weighted by atomic mass is 32.3. The van der Waals surface area contributed by atoms with Crippen molar-refractivity contribution in [3.8, 4) is 0 Å². The van der Waals surface area contributed by atoms with Gasteiger partial charge in [-0.05, 0) is 6.42 Å². The fraction of sp³-hybridized carbons (Fsp3) is 0.952. The Morgan fingerprint density at radius 1 is 0.756 bits per heavy atom. The number of aliphatic hydroxyl groups is 8. The van der Waals surface area contributed by atoms with Gasteiger partial charge < -0.3 is 69.9 Å². The van der Waals surface area contributed by atoms with E-state index in [9.17, 15) is 54.1 Å². The minimum Gasteiger partial charge on any atom is -0.394 e. The Morgan fingerprint density at radius 3 is 1.85 bits per heavy atom. The lowest BCUT2D eigenvalue weighted by molar-refractivity contribution is -0.370. The SMILES string of the molecule is CCC1OC(OC2C(CO)OC(O)C(NC(C)=O)C2OC2OC(CO)C(O)C(OS(=O)(=O)O)C2O)C(O)C(O)C1O. The molecule has 240 valence electrons. The zero-order valence-electron chi connectivity index (χ0n) is 21.9. The molecule has 0 spiro atoms. The van der Waals surface area contributed by atoms with Crippen molar-refractivity contribution in [3.05, 3.63) is 0 Å². The van der Waals surface area contributed by atoms with Crippen LogP contribution in [-0.4, -0.2) is 165 Å². The maximum atomic E-state index is 12.0. The first-order chi connectivity index (χ1) is 19.1. The zero-order valence-corrected chi connectivity index (χ0v) is 22.7. The number of hydrogen-bond acceptors (Lipinski definition) is 17. The first-order valence-corrected chi connectivity index (χ1v) is 14.0. The van der Waals surface area contributed by atoms with Crippen LogP contribution in [0.25, 0.3) is 0 Å². The molecular weight excluding hydrogens is 586 g/mol. The van der Waals surface area contributed by atoms with Crippen molar-refractivity contribution in [1.29, 1.82) is 0 Å². The highest BCUT2D eigenvalue weighted by Crippen LogP contribution is 2.34. The summed E-state index contributed by atoms with van der Waals surface area (Å²) in [6.45, 7) is 0.865. The van der Waals surface area contributed by atoms with E-state index < -0.39 is 122 Å². The summed E-state index contributed by atoms with van der Waals surface area (Å²) >= 11 is 0. The summed E-state index contributed by atoms with van der Waals surface area (Å²) in [4.78, 5) is 12.0. The molecule has 15 unspecified atom stereocenters. The van der Waals surface area contributed by atoms with E-state index in [1.54, 1.807) is 6.92 Å². The fourth-order valence-corrected chi connectivity index (χ4v) is 5.39. The smallest absolute Gasteiger partial charge is 0.394 e. The molecule has 0 saturated carbocycles. The number of hydrogen-bond donors (Lipinski definition) is 10. The monoisotopic (exact) mass is 623 g/mol. The van der Waals surface area contributed by atoms with Crippen LogP contribution >= 0.6 is 0 Å². The molecule has 3 aliphatic rings. The molecule has 41 heavy (non-hydrogen) atoms. The molecule has 3 saturated heterocycles. The number of amides is 1. The molecule has 3 rings (SSSR count). The lowest BCUT2D eigenvalue weighted by Crippen LogP contribution is -2.69. The summed E-state index contributed by atoms with van der Waals surface area (Å²) in [6.07, 6.45) is -24.3. The van der Waals surface area contributed by atoms with E-state index in [2.05, 4.69) is 9.50 Å². The van der Waals surface area contributed by atoms with Gasteiger partial charge in [0, 0.05) is 6.92 Å². The van der Waals surface area contributed by atoms with Crippen LogP contribution in [0.4, 0.5) is 0 Å². The number of rotatable bonds is 10. The fourth-order valence-electron chi connectivity index (χ4n) is 4.88. The molecule has 3 fully saturated rings. The molecule has 0 bridgehead atoms. The average molecular weight is 624 g/mol. The number of carbonyl (C=O) groups excluding carboxylic acids is 1. The summed E-state index contributed by atoms with van der Waals surface area (Å²) in [5.41, 5.74) is 0. The van der Waals surface area contributed by atoms with E-state index in [1.165, 1.54) is 0 Å². The van der Waals surface area contributed by atoms with Crippen molar-refractivity contribution >= 4 is 16.3 Å². The van der Waals surface area contributed by atoms with Gasteiger partial charge in [0.1, 0.15) is 67.1 Å². The Hall–Kier alpha value is -1.18. The second-order valence-electron chi connectivity index (χ2n) is 9.79. The standard InChI is InChI=1S/C21H37NO18S/c1-3-7-11(26)13(28)14(29)20(36-7)38-16-9(5-24)35-19(31)10(22-6(2)25)17(16)39-21-15(30)18(40-41(32,33)34)12(27)8(4-23)37-21/h7-21,23-24,26-31H,3-5H2,1-2H3,(H,22,25)(H,32,33,34). The van der Waals surface area contributed by atoms with Crippen molar-refractivity contribution in [2.24, 2.45) is 0 Å². The highest BCUT2D eigenvalue weighted by molar-refractivity contribution is 7.80. The van der Waals surface area contributed by atoms with Crippen molar-refractivity contribution < 1.29 is 86.5 Å². The number of nitrogens with one attached hydrogen (secondary N) is 1. The maximum absolute atomic E-state index is 12.0. The van der Waals surface area contributed by atoms with E-state index in [0.717, 1.165) is 6.92 Å². The van der Waals surface area contributed by atoms with Crippen LogP contribution in [0.2, 0.25) is 0 Å². The Morgan fingerprint density at radius 2 is 1.32 bits per heavy atom. The minimum absolute atomic E-state index is 0.171. The molecule has 0 aromatic rings. The molecule has 15 atom stereocenters. The quantitative estimate of drug-likeness (QED) is 0.101. The van der Waals surface area contributed by atoms with Gasteiger partial charge >= 0.3 is 10.4 Å². The van der Waals surface area contributed by atoms with Crippen LogP contribution in [0.3, 0.4) is 0 Å². The number of aliphatic hydroxyl groups excluding tert-OH is 8. The topological polar surface area (TPSA) is 301 Å². The molecule has 0 aromatic carbocycles. The molecular formula is C21H37NO18S. The number of ether oxygens (including phenoxy) is 5. The Labute approximate surface area is 234 Å². The van der Waals surface area contributed by atoms with Crippen molar-refractivity contribution in [2.75, 3.05) is 13.2 Å².